The fourth-order valence-electron chi connectivity index (χ4n) is 2.63. The number of H-pyrrole nitrogens is 2. The molecule has 21 heavy (non-hydrogen) atoms. The summed E-state index contributed by atoms with van der Waals surface area (Å²) in [6.07, 6.45) is 1.99. The van der Waals surface area contributed by atoms with Gasteiger partial charge in [0, 0.05) is 30.8 Å². The predicted molar refractivity (Wildman–Crippen MR) is 76.7 cm³/mol. The van der Waals surface area contributed by atoms with Gasteiger partial charge in [0.2, 0.25) is 11.8 Å². The van der Waals surface area contributed by atoms with Crippen LogP contribution in [-0.4, -0.2) is 45.3 Å². The van der Waals surface area contributed by atoms with E-state index in [9.17, 15) is 4.79 Å². The summed E-state index contributed by atoms with van der Waals surface area (Å²) in [5.74, 6) is 2.10. The molecule has 1 aliphatic heterocycles. The minimum atomic E-state index is -0.268. The van der Waals surface area contributed by atoms with E-state index in [1.165, 1.54) is 0 Å². The zero-order chi connectivity index (χ0) is 14.8. The van der Waals surface area contributed by atoms with Gasteiger partial charge in [-0.3, -0.25) is 4.98 Å². The van der Waals surface area contributed by atoms with E-state index in [0.717, 1.165) is 31.6 Å². The van der Waals surface area contributed by atoms with Crippen LogP contribution in [0.1, 0.15) is 30.3 Å². The number of ether oxygens (including phenoxy) is 1. The van der Waals surface area contributed by atoms with Crippen molar-refractivity contribution >= 4 is 5.95 Å². The van der Waals surface area contributed by atoms with Gasteiger partial charge in [-0.1, -0.05) is 0 Å². The molecule has 0 saturated carbocycles. The lowest BCUT2D eigenvalue weighted by Crippen LogP contribution is -2.36. The third kappa shape index (κ3) is 2.88. The second-order valence-electron chi connectivity index (χ2n) is 5.20. The van der Waals surface area contributed by atoms with Gasteiger partial charge in [0.05, 0.1) is 7.11 Å². The molecule has 2 aromatic heterocycles. The molecule has 1 fully saturated rings. The van der Waals surface area contributed by atoms with Crippen molar-refractivity contribution in [2.24, 2.45) is 0 Å². The van der Waals surface area contributed by atoms with E-state index in [2.05, 4.69) is 30.0 Å². The molecule has 0 spiro atoms. The summed E-state index contributed by atoms with van der Waals surface area (Å²) in [5, 5.41) is 6.45. The highest BCUT2D eigenvalue weighted by molar-refractivity contribution is 5.35. The summed E-state index contributed by atoms with van der Waals surface area (Å²) in [6.45, 7) is 3.53. The Labute approximate surface area is 121 Å². The molecule has 1 aliphatic rings. The Kier molecular flexibility index (Phi) is 3.59. The number of rotatable bonds is 3. The van der Waals surface area contributed by atoms with Gasteiger partial charge in [-0.15, -0.1) is 0 Å². The first-order valence-electron chi connectivity index (χ1n) is 6.95. The number of hydrogen-bond donors (Lipinski definition) is 2. The summed E-state index contributed by atoms with van der Waals surface area (Å²) in [4.78, 5) is 24.9. The molecule has 2 N–H and O–H groups in total. The lowest BCUT2D eigenvalue weighted by molar-refractivity contribution is 0.394. The maximum absolute atomic E-state index is 11.2. The first kappa shape index (κ1) is 13.6. The van der Waals surface area contributed by atoms with Crippen molar-refractivity contribution in [2.75, 3.05) is 25.1 Å². The van der Waals surface area contributed by atoms with E-state index in [-0.39, 0.29) is 11.6 Å². The molecule has 8 nitrogen and oxygen atoms in total. The van der Waals surface area contributed by atoms with Crippen molar-refractivity contribution in [1.29, 1.82) is 0 Å². The van der Waals surface area contributed by atoms with Crippen LogP contribution in [0.3, 0.4) is 0 Å². The Hall–Kier alpha value is -2.38. The van der Waals surface area contributed by atoms with Crippen molar-refractivity contribution in [2.45, 2.75) is 25.7 Å². The van der Waals surface area contributed by atoms with E-state index in [0.29, 0.717) is 17.7 Å². The average molecular weight is 290 g/mol. The molecule has 0 aliphatic carbocycles. The fourth-order valence-corrected chi connectivity index (χ4v) is 2.63. The number of aromatic amines is 2. The van der Waals surface area contributed by atoms with Gasteiger partial charge in [-0.25, -0.2) is 14.9 Å². The standard InChI is InChI=1S/C13H18N6O2/c1-8-6-10(21-2)15-12(14-8)19-5-3-4-9(7-19)11-16-13(20)18-17-11/h6,9H,3-5,7H2,1-2H3,(H2,16,17,18,20). The number of piperidine rings is 1. The van der Waals surface area contributed by atoms with Crippen molar-refractivity contribution in [3.8, 4) is 5.88 Å². The smallest absolute Gasteiger partial charge is 0.340 e. The molecule has 0 radical (unpaired) electrons. The van der Waals surface area contributed by atoms with Crippen LogP contribution in [0.25, 0.3) is 0 Å². The Balaban J connectivity index is 1.82. The Morgan fingerprint density at radius 1 is 1.43 bits per heavy atom. The van der Waals surface area contributed by atoms with Crippen LogP contribution in [0.15, 0.2) is 10.9 Å². The molecule has 8 heteroatoms. The molecular formula is C13H18N6O2. The molecule has 1 atom stereocenters. The third-order valence-corrected chi connectivity index (χ3v) is 3.64. The van der Waals surface area contributed by atoms with Gasteiger partial charge in [0.1, 0.15) is 5.82 Å². The van der Waals surface area contributed by atoms with E-state index < -0.39 is 0 Å². The first-order valence-corrected chi connectivity index (χ1v) is 6.95. The number of aryl methyl sites for hydroxylation is 1. The van der Waals surface area contributed by atoms with Crippen LogP contribution in [0, 0.1) is 6.92 Å². The number of nitrogens with zero attached hydrogens (tertiary/aromatic N) is 4. The Bertz CT molecular complexity index is 679. The van der Waals surface area contributed by atoms with E-state index in [4.69, 9.17) is 4.74 Å². The van der Waals surface area contributed by atoms with Gasteiger partial charge < -0.3 is 9.64 Å². The normalized spacial score (nSPS) is 18.8. The number of methoxy groups -OCH3 is 1. The molecule has 2 aromatic rings. The highest BCUT2D eigenvalue weighted by Crippen LogP contribution is 2.26. The van der Waals surface area contributed by atoms with Gasteiger partial charge in [0.15, 0.2) is 0 Å². The summed E-state index contributed by atoms with van der Waals surface area (Å²) in [6, 6.07) is 1.80. The first-order chi connectivity index (χ1) is 10.2. The zero-order valence-corrected chi connectivity index (χ0v) is 12.1. The van der Waals surface area contributed by atoms with Crippen LogP contribution in [-0.2, 0) is 0 Å². The molecule has 0 aromatic carbocycles. The van der Waals surface area contributed by atoms with Crippen LogP contribution in [0.5, 0.6) is 5.88 Å². The summed E-state index contributed by atoms with van der Waals surface area (Å²) in [5.41, 5.74) is 0.600. The van der Waals surface area contributed by atoms with E-state index in [1.54, 1.807) is 13.2 Å². The molecule has 3 rings (SSSR count). The van der Waals surface area contributed by atoms with Gasteiger partial charge in [-0.2, -0.15) is 10.1 Å². The van der Waals surface area contributed by atoms with Crippen molar-refractivity contribution < 1.29 is 4.74 Å². The topological polar surface area (TPSA) is 99.8 Å². The van der Waals surface area contributed by atoms with E-state index in [1.807, 2.05) is 6.92 Å². The lowest BCUT2D eigenvalue weighted by atomic mass is 9.98. The molecular weight excluding hydrogens is 272 g/mol. The monoisotopic (exact) mass is 290 g/mol. The predicted octanol–water partition coefficient (Wildman–Crippen LogP) is 0.589. The molecule has 3 heterocycles. The zero-order valence-electron chi connectivity index (χ0n) is 12.1. The minimum absolute atomic E-state index is 0.174. The van der Waals surface area contributed by atoms with Crippen LogP contribution < -0.4 is 15.3 Å². The average Bonchev–Trinajstić information content (AvgIpc) is 2.93. The second-order valence-corrected chi connectivity index (χ2v) is 5.20. The van der Waals surface area contributed by atoms with Gasteiger partial charge >= 0.3 is 5.69 Å². The SMILES string of the molecule is COc1cc(C)nc(N2CCCC(c3n[nH]c(=O)[nH]3)C2)n1. The van der Waals surface area contributed by atoms with Crippen molar-refractivity contribution in [1.82, 2.24) is 25.1 Å². The van der Waals surface area contributed by atoms with Crippen LogP contribution in [0.4, 0.5) is 5.95 Å². The number of nitrogens with one attached hydrogen (secondary N) is 2. The molecule has 1 unspecified atom stereocenters. The highest BCUT2D eigenvalue weighted by Gasteiger charge is 2.25. The van der Waals surface area contributed by atoms with Crippen molar-refractivity contribution in [3.05, 3.63) is 28.1 Å². The number of anilines is 1. The highest BCUT2D eigenvalue weighted by atomic mass is 16.5. The summed E-state index contributed by atoms with van der Waals surface area (Å²) in [7, 11) is 1.60. The fraction of sp³-hybridized carbons (Fsp3) is 0.538. The summed E-state index contributed by atoms with van der Waals surface area (Å²) < 4.78 is 5.20. The van der Waals surface area contributed by atoms with E-state index >= 15 is 0 Å². The molecule has 112 valence electrons. The maximum atomic E-state index is 11.2. The quantitative estimate of drug-likeness (QED) is 0.858. The Morgan fingerprint density at radius 2 is 2.29 bits per heavy atom. The number of aromatic nitrogens is 5. The minimum Gasteiger partial charge on any atom is -0.481 e. The largest absolute Gasteiger partial charge is 0.481 e. The lowest BCUT2D eigenvalue weighted by Gasteiger charge is -2.31. The second kappa shape index (κ2) is 5.55. The van der Waals surface area contributed by atoms with Gasteiger partial charge in [-0.05, 0) is 19.8 Å². The Morgan fingerprint density at radius 3 is 3.00 bits per heavy atom. The van der Waals surface area contributed by atoms with Crippen molar-refractivity contribution in [3.63, 3.8) is 0 Å². The number of hydrogen-bond acceptors (Lipinski definition) is 6. The van der Waals surface area contributed by atoms with Gasteiger partial charge in [0.25, 0.3) is 0 Å². The maximum Gasteiger partial charge on any atom is 0.340 e. The van der Waals surface area contributed by atoms with Crippen LogP contribution >= 0.6 is 0 Å². The molecule has 0 amide bonds. The molecule has 1 saturated heterocycles. The third-order valence-electron chi connectivity index (χ3n) is 3.64. The van der Waals surface area contributed by atoms with Crippen LogP contribution in [0.2, 0.25) is 0 Å². The molecule has 0 bridgehead atoms. The summed E-state index contributed by atoms with van der Waals surface area (Å²) >= 11 is 0.